The van der Waals surface area contributed by atoms with Gasteiger partial charge in [-0.25, -0.2) is 4.79 Å². The van der Waals surface area contributed by atoms with E-state index in [1.54, 1.807) is 31.2 Å². The number of nitrogens with one attached hydrogen (secondary N) is 1. The van der Waals surface area contributed by atoms with Gasteiger partial charge in [0.05, 0.1) is 12.1 Å². The summed E-state index contributed by atoms with van der Waals surface area (Å²) in [5.74, 6) is -2.42. The topological polar surface area (TPSA) is 104 Å². The Bertz CT molecular complexity index is 660. The molecule has 0 aliphatic carbocycles. The van der Waals surface area contributed by atoms with E-state index in [2.05, 4.69) is 19.9 Å². The molecule has 0 unspecified atom stereocenters. The van der Waals surface area contributed by atoms with Crippen molar-refractivity contribution in [1.29, 1.82) is 0 Å². The zero-order valence-electron chi connectivity index (χ0n) is 10.1. The van der Waals surface area contributed by atoms with Crippen LogP contribution < -0.4 is 0 Å². The van der Waals surface area contributed by atoms with Crippen LogP contribution in [0, 0.1) is 0 Å². The maximum Gasteiger partial charge on any atom is 0.400 e. The Morgan fingerprint density at radius 1 is 1.37 bits per heavy atom. The fourth-order valence-electron chi connectivity index (χ4n) is 1.54. The molecule has 2 rings (SSSR count). The molecule has 0 fully saturated rings. The van der Waals surface area contributed by atoms with Crippen LogP contribution in [0.3, 0.4) is 0 Å². The number of fused-ring (bicyclic) bond motifs is 1. The number of benzene rings is 1. The Morgan fingerprint density at radius 2 is 2.11 bits per heavy atom. The molecule has 0 atom stereocenters. The molecule has 1 aromatic heterocycles. The van der Waals surface area contributed by atoms with Gasteiger partial charge in [-0.3, -0.25) is 4.79 Å². The summed E-state index contributed by atoms with van der Waals surface area (Å²) in [6.45, 7) is 1.66. The van der Waals surface area contributed by atoms with Crippen molar-refractivity contribution < 1.29 is 19.4 Å². The molecule has 7 heteroatoms. The minimum absolute atomic E-state index is 0.0818. The summed E-state index contributed by atoms with van der Waals surface area (Å²) in [4.78, 5) is 25.0. The van der Waals surface area contributed by atoms with Gasteiger partial charge in [-0.15, -0.1) is 5.11 Å². The number of aromatic nitrogens is 1. The van der Waals surface area contributed by atoms with Gasteiger partial charge >= 0.3 is 11.9 Å². The van der Waals surface area contributed by atoms with Gasteiger partial charge in [0, 0.05) is 5.39 Å². The number of amides is 1. The normalized spacial score (nSPS) is 11.0. The van der Waals surface area contributed by atoms with Crippen LogP contribution in [0.15, 0.2) is 34.5 Å². The molecule has 7 nitrogen and oxygen atoms in total. The van der Waals surface area contributed by atoms with E-state index in [0.29, 0.717) is 10.9 Å². The number of hydrogen-bond acceptors (Lipinski definition) is 5. The molecule has 1 heterocycles. The van der Waals surface area contributed by atoms with Gasteiger partial charge in [-0.05, 0) is 13.0 Å². The number of aromatic hydroxyl groups is 1. The number of rotatable bonds is 2. The first kappa shape index (κ1) is 12.7. The van der Waals surface area contributed by atoms with Crippen molar-refractivity contribution in [3.8, 4) is 5.88 Å². The predicted molar refractivity (Wildman–Crippen MR) is 66.1 cm³/mol. The SMILES string of the molecule is CCOC(=O)C(=O)N=Nc1c(O)[nH]c2ccccc12. The summed E-state index contributed by atoms with van der Waals surface area (Å²) in [6.07, 6.45) is 0. The maximum atomic E-state index is 11.2. The lowest BCUT2D eigenvalue weighted by molar-refractivity contribution is -0.153. The van der Waals surface area contributed by atoms with E-state index in [-0.39, 0.29) is 18.2 Å². The zero-order valence-corrected chi connectivity index (χ0v) is 10.1. The first-order valence-corrected chi connectivity index (χ1v) is 5.56. The minimum Gasteiger partial charge on any atom is -0.493 e. The second-order valence-electron chi connectivity index (χ2n) is 3.59. The van der Waals surface area contributed by atoms with Crippen LogP contribution in [0.5, 0.6) is 5.88 Å². The Balaban J connectivity index is 2.28. The molecule has 2 N–H and O–H groups in total. The third-order valence-electron chi connectivity index (χ3n) is 2.35. The molecule has 1 amide bonds. The van der Waals surface area contributed by atoms with E-state index in [1.165, 1.54) is 0 Å². The quantitative estimate of drug-likeness (QED) is 0.490. The molecular formula is C12H11N3O4. The van der Waals surface area contributed by atoms with Gasteiger partial charge in [0.2, 0.25) is 5.88 Å². The van der Waals surface area contributed by atoms with E-state index >= 15 is 0 Å². The van der Waals surface area contributed by atoms with Crippen molar-refractivity contribution in [2.45, 2.75) is 6.92 Å². The van der Waals surface area contributed by atoms with Crippen molar-refractivity contribution in [2.75, 3.05) is 6.61 Å². The van der Waals surface area contributed by atoms with Crippen LogP contribution in [0.1, 0.15) is 6.92 Å². The van der Waals surface area contributed by atoms with Crippen LogP contribution in [-0.4, -0.2) is 28.6 Å². The highest BCUT2D eigenvalue weighted by Gasteiger charge is 2.15. The van der Waals surface area contributed by atoms with Crippen LogP contribution >= 0.6 is 0 Å². The molecule has 0 spiro atoms. The van der Waals surface area contributed by atoms with Gasteiger partial charge < -0.3 is 14.8 Å². The highest BCUT2D eigenvalue weighted by Crippen LogP contribution is 2.35. The Labute approximate surface area is 107 Å². The maximum absolute atomic E-state index is 11.2. The second kappa shape index (κ2) is 5.30. The molecule has 0 aliphatic rings. The molecule has 19 heavy (non-hydrogen) atoms. The average Bonchev–Trinajstić information content (AvgIpc) is 2.72. The second-order valence-corrected chi connectivity index (χ2v) is 3.59. The standard InChI is InChI=1S/C12H11N3O4/c1-2-19-12(18)11(17)15-14-9-7-5-3-4-6-8(7)13-10(9)16/h3-6,13,16H,2H2,1H3. The van der Waals surface area contributed by atoms with Crippen LogP contribution in [0.25, 0.3) is 10.9 Å². The first-order valence-electron chi connectivity index (χ1n) is 5.56. The van der Waals surface area contributed by atoms with Crippen molar-refractivity contribution in [3.05, 3.63) is 24.3 Å². The lowest BCUT2D eigenvalue weighted by Crippen LogP contribution is -2.14. The van der Waals surface area contributed by atoms with Crippen molar-refractivity contribution in [2.24, 2.45) is 10.2 Å². The molecule has 98 valence electrons. The van der Waals surface area contributed by atoms with Gasteiger partial charge in [-0.1, -0.05) is 23.3 Å². The number of carbonyl (C=O) groups excluding carboxylic acids is 2. The molecule has 0 saturated carbocycles. The molecule has 1 aromatic carbocycles. The number of carbonyl (C=O) groups is 2. The lowest BCUT2D eigenvalue weighted by Gasteiger charge is -1.94. The molecule has 0 saturated heterocycles. The number of ether oxygens (including phenoxy) is 1. The smallest absolute Gasteiger partial charge is 0.400 e. The average molecular weight is 261 g/mol. The van der Waals surface area contributed by atoms with Crippen molar-refractivity contribution in [3.63, 3.8) is 0 Å². The van der Waals surface area contributed by atoms with Gasteiger partial charge in [0.15, 0.2) is 5.69 Å². The Morgan fingerprint density at radius 3 is 2.84 bits per heavy atom. The van der Waals surface area contributed by atoms with Crippen LogP contribution in [0.2, 0.25) is 0 Å². The van der Waals surface area contributed by atoms with E-state index in [4.69, 9.17) is 0 Å². The van der Waals surface area contributed by atoms with E-state index in [9.17, 15) is 14.7 Å². The van der Waals surface area contributed by atoms with Crippen LogP contribution in [-0.2, 0) is 14.3 Å². The fraction of sp³-hybridized carbons (Fsp3) is 0.167. The summed E-state index contributed by atoms with van der Waals surface area (Å²) in [6, 6.07) is 6.97. The van der Waals surface area contributed by atoms with Crippen molar-refractivity contribution >= 4 is 28.5 Å². The molecule has 0 aliphatic heterocycles. The summed E-state index contributed by atoms with van der Waals surface area (Å²) in [5.41, 5.74) is 0.755. The molecule has 0 radical (unpaired) electrons. The largest absolute Gasteiger partial charge is 0.493 e. The number of H-pyrrole nitrogens is 1. The monoisotopic (exact) mass is 261 g/mol. The van der Waals surface area contributed by atoms with E-state index in [1.807, 2.05) is 0 Å². The number of para-hydroxylation sites is 1. The molecular weight excluding hydrogens is 250 g/mol. The van der Waals surface area contributed by atoms with Gasteiger partial charge in [0.1, 0.15) is 0 Å². The summed E-state index contributed by atoms with van der Waals surface area (Å²) >= 11 is 0. The van der Waals surface area contributed by atoms with E-state index < -0.39 is 11.9 Å². The summed E-state index contributed by atoms with van der Waals surface area (Å²) < 4.78 is 4.48. The number of nitrogens with zero attached hydrogens (tertiary/aromatic N) is 2. The minimum atomic E-state index is -1.12. The van der Waals surface area contributed by atoms with Crippen LogP contribution in [0.4, 0.5) is 5.69 Å². The third-order valence-corrected chi connectivity index (χ3v) is 2.35. The fourth-order valence-corrected chi connectivity index (χ4v) is 1.54. The molecule has 0 bridgehead atoms. The zero-order chi connectivity index (χ0) is 13.8. The third kappa shape index (κ3) is 2.59. The first-order chi connectivity index (χ1) is 9.13. The lowest BCUT2D eigenvalue weighted by atomic mass is 10.2. The Kier molecular flexibility index (Phi) is 3.56. The van der Waals surface area contributed by atoms with Gasteiger partial charge in [-0.2, -0.15) is 0 Å². The number of hydrogen-bond donors (Lipinski definition) is 2. The highest BCUT2D eigenvalue weighted by molar-refractivity contribution is 6.32. The van der Waals surface area contributed by atoms with Gasteiger partial charge in [0.25, 0.3) is 0 Å². The summed E-state index contributed by atoms with van der Waals surface area (Å²) in [5, 5.41) is 17.1. The predicted octanol–water partition coefficient (Wildman–Crippen LogP) is 2.05. The highest BCUT2D eigenvalue weighted by atomic mass is 16.5. The number of esters is 1. The molecule has 2 aromatic rings. The van der Waals surface area contributed by atoms with Crippen molar-refractivity contribution in [1.82, 2.24) is 4.98 Å². The van der Waals surface area contributed by atoms with E-state index in [0.717, 1.165) is 0 Å². The summed E-state index contributed by atoms with van der Waals surface area (Å²) in [7, 11) is 0. The Hall–Kier alpha value is -2.70. The number of aromatic amines is 1. The number of azo groups is 1.